The third-order valence-corrected chi connectivity index (χ3v) is 6.22. The Kier molecular flexibility index (Phi) is 7.42. The number of halogens is 1. The van der Waals surface area contributed by atoms with E-state index in [1.165, 1.54) is 17.7 Å². The van der Waals surface area contributed by atoms with Crippen molar-refractivity contribution < 1.29 is 13.9 Å². The lowest BCUT2D eigenvalue weighted by atomic mass is 10.1. The maximum Gasteiger partial charge on any atom is 0.231 e. The number of hydrogen-bond donors (Lipinski definition) is 2. The maximum atomic E-state index is 13.3. The predicted molar refractivity (Wildman–Crippen MR) is 145 cm³/mol. The Bertz CT molecular complexity index is 1290. The number of aromatic nitrogens is 2. The zero-order valence-corrected chi connectivity index (χ0v) is 21.5. The Hall–Kier alpha value is -3.83. The lowest BCUT2D eigenvalue weighted by Crippen LogP contribution is -2.50. The first-order valence-electron chi connectivity index (χ1n) is 12.0. The van der Waals surface area contributed by atoms with Gasteiger partial charge in [0, 0.05) is 49.8 Å². The number of hydrogen-bond acceptors (Lipinski definition) is 6. The number of guanidine groups is 1. The van der Waals surface area contributed by atoms with Crippen LogP contribution in [0.15, 0.2) is 53.5 Å². The molecule has 2 aromatic carbocycles. The molecule has 0 bridgehead atoms. The maximum absolute atomic E-state index is 13.3. The van der Waals surface area contributed by atoms with Gasteiger partial charge in [-0.1, -0.05) is 6.07 Å². The summed E-state index contributed by atoms with van der Waals surface area (Å²) in [7, 11) is 0. The van der Waals surface area contributed by atoms with Gasteiger partial charge in [-0.05, 0) is 74.1 Å². The molecule has 3 heterocycles. The van der Waals surface area contributed by atoms with E-state index in [0.29, 0.717) is 17.6 Å². The van der Waals surface area contributed by atoms with Crippen LogP contribution in [0.1, 0.15) is 17.0 Å². The van der Waals surface area contributed by atoms with E-state index < -0.39 is 0 Å². The molecule has 2 N–H and O–H groups in total. The number of anilines is 2. The molecule has 9 nitrogen and oxygen atoms in total. The van der Waals surface area contributed by atoms with Gasteiger partial charge >= 0.3 is 0 Å². The molecule has 11 heteroatoms. The Morgan fingerprint density at radius 2 is 1.65 bits per heavy atom. The second-order valence-corrected chi connectivity index (χ2v) is 9.31. The number of fused-ring (bicyclic) bond motifs is 1. The Balaban J connectivity index is 1.28. The molecular weight excluding hydrogens is 493 g/mol. The first kappa shape index (κ1) is 24.8. The molecule has 0 amide bonds. The summed E-state index contributed by atoms with van der Waals surface area (Å²) in [6, 6.07) is 14.0. The van der Waals surface area contributed by atoms with Crippen molar-refractivity contribution in [2.45, 2.75) is 20.4 Å². The van der Waals surface area contributed by atoms with Crippen LogP contribution in [0.2, 0.25) is 0 Å². The monoisotopic (exact) mass is 521 g/mol. The second kappa shape index (κ2) is 11.1. The first-order valence-corrected chi connectivity index (χ1v) is 12.4. The minimum atomic E-state index is -0.312. The molecular formula is C26H28FN7O2S. The molecule has 1 aromatic heterocycles. The number of aryl methyl sites for hydroxylation is 2. The molecule has 2 aliphatic heterocycles. The van der Waals surface area contributed by atoms with Crippen LogP contribution in [0, 0.1) is 19.7 Å². The van der Waals surface area contributed by atoms with Gasteiger partial charge in [0.2, 0.25) is 23.8 Å². The quantitative estimate of drug-likeness (QED) is 0.301. The van der Waals surface area contributed by atoms with Crippen molar-refractivity contribution in [3.05, 3.63) is 71.3 Å². The number of rotatable bonds is 4. The van der Waals surface area contributed by atoms with Crippen molar-refractivity contribution in [1.29, 1.82) is 0 Å². The minimum absolute atomic E-state index is 0.251. The molecule has 0 aliphatic carbocycles. The van der Waals surface area contributed by atoms with E-state index in [4.69, 9.17) is 21.7 Å². The molecule has 2 aliphatic rings. The third-order valence-electron chi connectivity index (χ3n) is 6.02. The van der Waals surface area contributed by atoms with E-state index in [1.807, 2.05) is 32.0 Å². The number of thiocarbonyl (C=S) groups is 1. The van der Waals surface area contributed by atoms with Gasteiger partial charge in [0.15, 0.2) is 11.5 Å². The van der Waals surface area contributed by atoms with Gasteiger partial charge in [0.25, 0.3) is 0 Å². The van der Waals surface area contributed by atoms with Gasteiger partial charge < -0.3 is 19.7 Å². The van der Waals surface area contributed by atoms with E-state index in [1.54, 1.807) is 12.1 Å². The number of nitrogens with one attached hydrogen (secondary N) is 2. The highest BCUT2D eigenvalue weighted by Crippen LogP contribution is 2.32. The van der Waals surface area contributed by atoms with Crippen molar-refractivity contribution in [2.75, 3.05) is 43.6 Å². The summed E-state index contributed by atoms with van der Waals surface area (Å²) >= 11 is 5.50. The van der Waals surface area contributed by atoms with Gasteiger partial charge in [-0.2, -0.15) is 4.99 Å². The number of benzene rings is 2. The lowest BCUT2D eigenvalue weighted by molar-refractivity contribution is 0.172. The van der Waals surface area contributed by atoms with E-state index >= 15 is 0 Å². The molecule has 5 rings (SSSR count). The second-order valence-electron chi connectivity index (χ2n) is 8.92. The topological polar surface area (TPSA) is 87.1 Å². The standard InChI is InChI=1S/C26H28FN7O2S/c1-17-13-18(2)29-24(28-17)31-25(32-26(37)30-21-6-4-20(27)5-7-21)34-11-9-33(10-12-34)15-19-3-8-22-23(14-19)36-16-35-22/h3-8,13-14H,9-12,15-16H2,1-2H3,(H2,28,29,30,31,32,37). The number of piperazine rings is 1. The Labute approximate surface area is 220 Å². The van der Waals surface area contributed by atoms with Crippen LogP contribution in [0.4, 0.5) is 16.0 Å². The highest BCUT2D eigenvalue weighted by molar-refractivity contribution is 7.80. The summed E-state index contributed by atoms with van der Waals surface area (Å²) in [6.45, 7) is 8.07. The first-order chi connectivity index (χ1) is 17.9. The van der Waals surface area contributed by atoms with Crippen molar-refractivity contribution in [1.82, 2.24) is 19.8 Å². The molecule has 0 radical (unpaired) electrons. The molecule has 0 atom stereocenters. The third kappa shape index (κ3) is 6.49. The van der Waals surface area contributed by atoms with E-state index in [0.717, 1.165) is 55.6 Å². The largest absolute Gasteiger partial charge is 0.454 e. The highest BCUT2D eigenvalue weighted by Gasteiger charge is 2.22. The summed E-state index contributed by atoms with van der Waals surface area (Å²) in [5, 5.41) is 6.56. The van der Waals surface area contributed by atoms with E-state index in [2.05, 4.69) is 41.5 Å². The Morgan fingerprint density at radius 1 is 0.946 bits per heavy atom. The van der Waals surface area contributed by atoms with Crippen LogP contribution in [-0.2, 0) is 6.54 Å². The summed E-state index contributed by atoms with van der Waals surface area (Å²) < 4.78 is 24.2. The van der Waals surface area contributed by atoms with Crippen LogP contribution in [0.5, 0.6) is 11.5 Å². The van der Waals surface area contributed by atoms with Crippen LogP contribution in [0.3, 0.4) is 0 Å². The van der Waals surface area contributed by atoms with Crippen molar-refractivity contribution in [2.24, 2.45) is 4.99 Å². The summed E-state index contributed by atoms with van der Waals surface area (Å²) in [6.07, 6.45) is 0. The van der Waals surface area contributed by atoms with Crippen molar-refractivity contribution >= 4 is 34.9 Å². The zero-order chi connectivity index (χ0) is 25.8. The molecule has 1 fully saturated rings. The fourth-order valence-corrected chi connectivity index (χ4v) is 4.46. The summed E-state index contributed by atoms with van der Waals surface area (Å²) in [5.41, 5.74) is 3.55. The smallest absolute Gasteiger partial charge is 0.231 e. The predicted octanol–water partition coefficient (Wildman–Crippen LogP) is 3.94. The molecule has 0 saturated carbocycles. The van der Waals surface area contributed by atoms with Gasteiger partial charge in [-0.15, -0.1) is 0 Å². The normalized spacial score (nSPS) is 15.5. The fourth-order valence-electron chi connectivity index (χ4n) is 4.26. The summed E-state index contributed by atoms with van der Waals surface area (Å²) in [5.74, 6) is 2.30. The number of ether oxygens (including phenoxy) is 2. The van der Waals surface area contributed by atoms with Crippen molar-refractivity contribution in [3.8, 4) is 11.5 Å². The van der Waals surface area contributed by atoms with Gasteiger partial charge in [0.1, 0.15) is 5.82 Å². The number of aliphatic imine (C=N–C) groups is 1. The average Bonchev–Trinajstić information content (AvgIpc) is 3.33. The van der Waals surface area contributed by atoms with Crippen LogP contribution >= 0.6 is 12.2 Å². The van der Waals surface area contributed by atoms with Gasteiger partial charge in [-0.25, -0.2) is 14.4 Å². The van der Waals surface area contributed by atoms with Crippen LogP contribution < -0.4 is 20.1 Å². The van der Waals surface area contributed by atoms with Gasteiger partial charge in [-0.3, -0.25) is 10.2 Å². The van der Waals surface area contributed by atoms with Crippen molar-refractivity contribution in [3.63, 3.8) is 0 Å². The van der Waals surface area contributed by atoms with Gasteiger partial charge in [0.05, 0.1) is 0 Å². The van der Waals surface area contributed by atoms with E-state index in [-0.39, 0.29) is 17.7 Å². The van der Waals surface area contributed by atoms with E-state index in [9.17, 15) is 4.39 Å². The SMILES string of the molecule is Cc1cc(C)nc(N/C(=N/C(=S)Nc2ccc(F)cc2)N2CCN(Cc3ccc4c(c3)OCO4)CC2)n1. The molecule has 0 spiro atoms. The zero-order valence-electron chi connectivity index (χ0n) is 20.7. The molecule has 192 valence electrons. The lowest BCUT2D eigenvalue weighted by Gasteiger charge is -2.36. The fraction of sp³-hybridized carbons (Fsp3) is 0.308. The number of nitrogens with zero attached hydrogens (tertiary/aromatic N) is 5. The average molecular weight is 522 g/mol. The van der Waals surface area contributed by atoms with Crippen LogP contribution in [-0.4, -0.2) is 63.8 Å². The molecule has 1 saturated heterocycles. The summed E-state index contributed by atoms with van der Waals surface area (Å²) in [4.78, 5) is 18.2. The highest BCUT2D eigenvalue weighted by atomic mass is 32.1. The van der Waals surface area contributed by atoms with Crippen LogP contribution in [0.25, 0.3) is 0 Å². The minimum Gasteiger partial charge on any atom is -0.454 e. The molecule has 37 heavy (non-hydrogen) atoms. The molecule has 0 unspecified atom stereocenters. The Morgan fingerprint density at radius 3 is 2.38 bits per heavy atom. The molecule has 3 aromatic rings.